The van der Waals surface area contributed by atoms with E-state index in [1.807, 2.05) is 12.5 Å². The molecule has 0 aliphatic heterocycles. The summed E-state index contributed by atoms with van der Waals surface area (Å²) < 4.78 is 4.33. The Morgan fingerprint density at radius 1 is 1.43 bits per heavy atom. The van der Waals surface area contributed by atoms with Crippen LogP contribution in [0, 0.1) is 6.92 Å². The van der Waals surface area contributed by atoms with Gasteiger partial charge in [0.25, 0.3) is 0 Å². The maximum atomic E-state index is 4.10. The molecule has 3 heteroatoms. The van der Waals surface area contributed by atoms with Crippen molar-refractivity contribution in [2.24, 2.45) is 7.05 Å². The van der Waals surface area contributed by atoms with Gasteiger partial charge in [0.05, 0.1) is 6.33 Å². The molecule has 0 amide bonds. The van der Waals surface area contributed by atoms with Crippen LogP contribution in [-0.2, 0) is 20.0 Å². The molecule has 0 unspecified atom stereocenters. The van der Waals surface area contributed by atoms with Crippen molar-refractivity contribution < 1.29 is 0 Å². The fourth-order valence-corrected chi connectivity index (χ4v) is 1.61. The third-order valence-electron chi connectivity index (χ3n) is 2.58. The Labute approximate surface area is 84.0 Å². The predicted octanol–water partition coefficient (Wildman–Crippen LogP) is 1.77. The van der Waals surface area contributed by atoms with Gasteiger partial charge < -0.3 is 9.13 Å². The molecular weight excluding hydrogens is 174 g/mol. The van der Waals surface area contributed by atoms with Gasteiger partial charge in [0.2, 0.25) is 0 Å². The maximum absolute atomic E-state index is 4.10. The summed E-state index contributed by atoms with van der Waals surface area (Å²) in [5.74, 6) is 0. The van der Waals surface area contributed by atoms with Crippen molar-refractivity contribution in [1.82, 2.24) is 14.1 Å². The Morgan fingerprint density at radius 2 is 2.29 bits per heavy atom. The van der Waals surface area contributed by atoms with Crippen LogP contribution >= 0.6 is 0 Å². The van der Waals surface area contributed by atoms with Gasteiger partial charge >= 0.3 is 0 Å². The average Bonchev–Trinajstić information content (AvgIpc) is 2.72. The minimum absolute atomic E-state index is 1.00. The van der Waals surface area contributed by atoms with Crippen molar-refractivity contribution in [1.29, 1.82) is 0 Å². The number of aryl methyl sites for hydroxylation is 4. The lowest BCUT2D eigenvalue weighted by Crippen LogP contribution is -2.04. The third kappa shape index (κ3) is 1.71. The number of imidazole rings is 1. The van der Waals surface area contributed by atoms with Gasteiger partial charge in [-0.05, 0) is 19.1 Å². The van der Waals surface area contributed by atoms with E-state index in [0.717, 1.165) is 13.0 Å². The summed E-state index contributed by atoms with van der Waals surface area (Å²) in [7, 11) is 2.08. The number of hydrogen-bond donors (Lipinski definition) is 0. The molecule has 0 N–H and O–H groups in total. The Morgan fingerprint density at radius 3 is 2.86 bits per heavy atom. The van der Waals surface area contributed by atoms with Crippen LogP contribution in [0.5, 0.6) is 0 Å². The smallest absolute Gasteiger partial charge is 0.0948 e. The molecule has 0 atom stereocenters. The summed E-state index contributed by atoms with van der Waals surface area (Å²) in [6, 6.07) is 4.24. The van der Waals surface area contributed by atoms with E-state index in [4.69, 9.17) is 0 Å². The Balaban J connectivity index is 2.02. The molecule has 0 fully saturated rings. The average molecular weight is 189 g/mol. The fraction of sp³-hybridized carbons (Fsp3) is 0.364. The summed E-state index contributed by atoms with van der Waals surface area (Å²) in [6.07, 6.45) is 6.92. The minimum Gasteiger partial charge on any atom is -0.354 e. The van der Waals surface area contributed by atoms with Crippen molar-refractivity contribution in [2.45, 2.75) is 19.9 Å². The molecule has 2 aromatic rings. The summed E-state index contributed by atoms with van der Waals surface area (Å²) >= 11 is 0. The number of aromatic nitrogens is 3. The number of hydrogen-bond acceptors (Lipinski definition) is 1. The van der Waals surface area contributed by atoms with E-state index in [9.17, 15) is 0 Å². The molecule has 2 rings (SSSR count). The first-order chi connectivity index (χ1) is 6.77. The standard InChI is InChI=1S/C11H15N3/c1-10-8-12-9-14(10)7-5-11-4-3-6-13(11)2/h3-4,6,8-9H,5,7H2,1-2H3. The van der Waals surface area contributed by atoms with Crippen LogP contribution in [0.2, 0.25) is 0 Å². The van der Waals surface area contributed by atoms with Gasteiger partial charge in [-0.25, -0.2) is 4.98 Å². The first kappa shape index (κ1) is 9.06. The van der Waals surface area contributed by atoms with Gasteiger partial charge in [0.1, 0.15) is 0 Å². The zero-order valence-electron chi connectivity index (χ0n) is 8.64. The predicted molar refractivity (Wildman–Crippen MR) is 56.1 cm³/mol. The van der Waals surface area contributed by atoms with Crippen LogP contribution in [0.1, 0.15) is 11.4 Å². The normalized spacial score (nSPS) is 10.7. The van der Waals surface area contributed by atoms with Crippen molar-refractivity contribution in [3.63, 3.8) is 0 Å². The molecule has 0 spiro atoms. The maximum Gasteiger partial charge on any atom is 0.0948 e. The number of nitrogens with zero attached hydrogens (tertiary/aromatic N) is 3. The van der Waals surface area contributed by atoms with Crippen molar-refractivity contribution in [3.05, 3.63) is 42.2 Å². The van der Waals surface area contributed by atoms with E-state index >= 15 is 0 Å². The fourth-order valence-electron chi connectivity index (χ4n) is 1.61. The van der Waals surface area contributed by atoms with Crippen LogP contribution in [0.3, 0.4) is 0 Å². The second-order valence-electron chi connectivity index (χ2n) is 3.59. The van der Waals surface area contributed by atoms with Crippen LogP contribution in [-0.4, -0.2) is 14.1 Å². The lowest BCUT2D eigenvalue weighted by molar-refractivity contribution is 0.650. The zero-order valence-corrected chi connectivity index (χ0v) is 8.64. The summed E-state index contributed by atoms with van der Waals surface area (Å²) in [6.45, 7) is 3.08. The van der Waals surface area contributed by atoms with E-state index in [-0.39, 0.29) is 0 Å². The topological polar surface area (TPSA) is 22.8 Å². The molecule has 0 aliphatic carbocycles. The molecule has 3 nitrogen and oxygen atoms in total. The minimum atomic E-state index is 1.00. The van der Waals surface area contributed by atoms with E-state index in [1.165, 1.54) is 11.4 Å². The van der Waals surface area contributed by atoms with Crippen LogP contribution in [0.15, 0.2) is 30.9 Å². The highest BCUT2D eigenvalue weighted by molar-refractivity contribution is 5.07. The molecule has 2 heterocycles. The molecular formula is C11H15N3. The quantitative estimate of drug-likeness (QED) is 0.721. The first-order valence-electron chi connectivity index (χ1n) is 4.84. The number of rotatable bonds is 3. The highest BCUT2D eigenvalue weighted by Crippen LogP contribution is 2.04. The Bertz CT molecular complexity index is 371. The second-order valence-corrected chi connectivity index (χ2v) is 3.59. The molecule has 0 bridgehead atoms. The monoisotopic (exact) mass is 189 g/mol. The molecule has 14 heavy (non-hydrogen) atoms. The largest absolute Gasteiger partial charge is 0.354 e. The van der Waals surface area contributed by atoms with Gasteiger partial charge in [-0.3, -0.25) is 0 Å². The highest BCUT2D eigenvalue weighted by atomic mass is 15.0. The molecule has 74 valence electrons. The molecule has 0 aromatic carbocycles. The lowest BCUT2D eigenvalue weighted by atomic mass is 10.3. The van der Waals surface area contributed by atoms with E-state index in [1.54, 1.807) is 0 Å². The first-order valence-corrected chi connectivity index (χ1v) is 4.84. The van der Waals surface area contributed by atoms with Crippen molar-refractivity contribution >= 4 is 0 Å². The lowest BCUT2D eigenvalue weighted by Gasteiger charge is -2.05. The molecule has 2 aromatic heterocycles. The van der Waals surface area contributed by atoms with Crippen LogP contribution in [0.4, 0.5) is 0 Å². The summed E-state index contributed by atoms with van der Waals surface area (Å²) in [5, 5.41) is 0. The molecule has 0 radical (unpaired) electrons. The van der Waals surface area contributed by atoms with Crippen LogP contribution in [0.25, 0.3) is 0 Å². The van der Waals surface area contributed by atoms with Crippen molar-refractivity contribution in [2.75, 3.05) is 0 Å². The van der Waals surface area contributed by atoms with E-state index in [0.29, 0.717) is 0 Å². The molecule has 0 saturated carbocycles. The zero-order chi connectivity index (χ0) is 9.97. The third-order valence-corrected chi connectivity index (χ3v) is 2.58. The Hall–Kier alpha value is -1.51. The summed E-state index contributed by atoms with van der Waals surface area (Å²) in [4.78, 5) is 4.10. The van der Waals surface area contributed by atoms with Gasteiger partial charge in [0, 0.05) is 43.8 Å². The van der Waals surface area contributed by atoms with E-state index < -0.39 is 0 Å². The van der Waals surface area contributed by atoms with Crippen LogP contribution < -0.4 is 0 Å². The molecule has 0 saturated heterocycles. The van der Waals surface area contributed by atoms with Crippen molar-refractivity contribution in [3.8, 4) is 0 Å². The highest BCUT2D eigenvalue weighted by Gasteiger charge is 1.99. The molecule has 0 aliphatic rings. The summed E-state index contributed by atoms with van der Waals surface area (Å²) in [5.41, 5.74) is 2.58. The Kier molecular flexibility index (Phi) is 2.39. The van der Waals surface area contributed by atoms with Gasteiger partial charge in [0.15, 0.2) is 0 Å². The SMILES string of the molecule is Cc1cncn1CCc1cccn1C. The second kappa shape index (κ2) is 3.70. The van der Waals surface area contributed by atoms with E-state index in [2.05, 4.69) is 46.4 Å². The van der Waals surface area contributed by atoms with Gasteiger partial charge in [-0.1, -0.05) is 0 Å². The van der Waals surface area contributed by atoms with Gasteiger partial charge in [-0.2, -0.15) is 0 Å². The van der Waals surface area contributed by atoms with Gasteiger partial charge in [-0.15, -0.1) is 0 Å².